The molecule has 4 aromatic rings. The van der Waals surface area contributed by atoms with Crippen molar-refractivity contribution in [1.82, 2.24) is 24.0 Å². The highest BCUT2D eigenvalue weighted by Crippen LogP contribution is 2.44. The van der Waals surface area contributed by atoms with Gasteiger partial charge in [0.1, 0.15) is 23.2 Å². The van der Waals surface area contributed by atoms with Crippen LogP contribution in [0.15, 0.2) is 40.7 Å². The molecule has 1 unspecified atom stereocenters. The minimum Gasteiger partial charge on any atom is -0.486 e. The molecule has 2 aliphatic rings. The van der Waals surface area contributed by atoms with Gasteiger partial charge in [0.05, 0.1) is 51.1 Å². The number of hydrogen-bond acceptors (Lipinski definition) is 8. The quantitative estimate of drug-likeness (QED) is 0.110. The molecule has 1 saturated heterocycles. The zero-order valence-corrected chi connectivity index (χ0v) is 29.5. The van der Waals surface area contributed by atoms with Crippen LogP contribution < -0.4 is 26.5 Å². The maximum Gasteiger partial charge on any atom is 0.431 e. The second-order valence-corrected chi connectivity index (χ2v) is 13.8. The number of anilines is 2. The van der Waals surface area contributed by atoms with Crippen LogP contribution in [0, 0.1) is 5.82 Å². The fourth-order valence-electron chi connectivity index (χ4n) is 6.80. The van der Waals surface area contributed by atoms with Crippen molar-refractivity contribution in [3.63, 3.8) is 0 Å². The van der Waals surface area contributed by atoms with Gasteiger partial charge in [0.15, 0.2) is 5.82 Å². The Bertz CT molecular complexity index is 2180. The van der Waals surface area contributed by atoms with E-state index in [1.807, 2.05) is 0 Å². The van der Waals surface area contributed by atoms with Gasteiger partial charge in [-0.15, -0.1) is 0 Å². The number of rotatable bonds is 5. The Kier molecular flexibility index (Phi) is 9.34. The number of carbonyl (C=O) groups is 1. The predicted molar refractivity (Wildman–Crippen MR) is 186 cm³/mol. The van der Waals surface area contributed by atoms with E-state index >= 15 is 17.6 Å². The Morgan fingerprint density at radius 1 is 1.00 bits per heavy atom. The number of pyridine rings is 2. The number of hydrogen-bond donors (Lipinski definition) is 1. The lowest BCUT2D eigenvalue weighted by atomic mass is 10.00. The van der Waals surface area contributed by atoms with Crippen molar-refractivity contribution < 1.29 is 27.1 Å². The van der Waals surface area contributed by atoms with Crippen molar-refractivity contribution in [2.24, 2.45) is 0 Å². The first-order valence-corrected chi connectivity index (χ1v) is 16.8. The highest BCUT2D eigenvalue weighted by atomic mass is 35.5. The minimum absolute atomic E-state index is 0.0314. The maximum absolute atomic E-state index is 15.8. The van der Waals surface area contributed by atoms with Gasteiger partial charge in [-0.1, -0.05) is 57.5 Å². The van der Waals surface area contributed by atoms with Gasteiger partial charge in [-0.25, -0.2) is 14.4 Å². The average Bonchev–Trinajstić information content (AvgIpc) is 3.27. The topological polar surface area (TPSA) is 129 Å². The monoisotopic (exact) mass is 749 g/mol. The molecule has 0 aliphatic carbocycles. The van der Waals surface area contributed by atoms with Gasteiger partial charge in [0.25, 0.3) is 11.1 Å². The lowest BCUT2D eigenvalue weighted by molar-refractivity contribution is -0.142. The van der Waals surface area contributed by atoms with Crippen molar-refractivity contribution in [1.29, 1.82) is 0 Å². The fraction of sp³-hybridized carbons (Fsp3) is 0.382. The van der Waals surface area contributed by atoms with Crippen molar-refractivity contribution >= 4 is 51.4 Å². The van der Waals surface area contributed by atoms with Gasteiger partial charge in [-0.3, -0.25) is 23.5 Å². The number of amides is 1. The lowest BCUT2D eigenvalue weighted by Crippen LogP contribution is -2.54. The molecule has 11 nitrogen and oxygen atoms in total. The highest BCUT2D eigenvalue weighted by molar-refractivity contribution is 6.37. The summed E-state index contributed by atoms with van der Waals surface area (Å²) in [6.45, 7) is 11.0. The molecule has 0 spiro atoms. The molecule has 1 atom stereocenters. The lowest BCUT2D eigenvalue weighted by Gasteiger charge is -2.42. The third kappa shape index (κ3) is 5.89. The molecular weight excluding hydrogens is 717 g/mol. The van der Waals surface area contributed by atoms with Gasteiger partial charge in [-0.05, 0) is 30.0 Å². The molecule has 5 heterocycles. The Balaban J connectivity index is 1.87. The third-order valence-corrected chi connectivity index (χ3v) is 9.71. The molecule has 17 heteroatoms. The number of halogens is 6. The van der Waals surface area contributed by atoms with Gasteiger partial charge in [0, 0.05) is 31.4 Å². The van der Waals surface area contributed by atoms with E-state index in [1.54, 1.807) is 32.6 Å². The summed E-state index contributed by atoms with van der Waals surface area (Å²) in [4.78, 5) is 54.5. The zero-order valence-electron chi connectivity index (χ0n) is 27.9. The third-order valence-electron chi connectivity index (χ3n) is 9.12. The van der Waals surface area contributed by atoms with Crippen LogP contribution in [0.1, 0.15) is 63.0 Å². The number of aromatic nitrogens is 4. The molecule has 3 aromatic heterocycles. The number of carbonyl (C=O) groups excluding carboxylic acids is 1. The summed E-state index contributed by atoms with van der Waals surface area (Å²) >= 11 is 12.2. The van der Waals surface area contributed by atoms with Gasteiger partial charge in [0.2, 0.25) is 11.7 Å². The van der Waals surface area contributed by atoms with E-state index in [2.05, 4.69) is 16.5 Å². The highest BCUT2D eigenvalue weighted by Gasteiger charge is 2.42. The van der Waals surface area contributed by atoms with Gasteiger partial charge >= 0.3 is 6.18 Å². The SMILES string of the molecule is C=CC(=O)N1CCN2c3c(c(=O)n(-c4c(C(C)C)ncnc4C(C)C)c4c(=O)n(-c5c(N)c(Cl)cc(Cl)c5F)c(C(F)(F)F)cc34)OCCC2C1. The minimum atomic E-state index is -5.28. The normalized spacial score (nSPS) is 16.3. The number of alkyl halides is 3. The van der Waals surface area contributed by atoms with Crippen molar-refractivity contribution in [3.8, 4) is 17.1 Å². The van der Waals surface area contributed by atoms with E-state index in [-0.39, 0.29) is 77.5 Å². The van der Waals surface area contributed by atoms with Crippen LogP contribution in [-0.4, -0.2) is 62.2 Å². The first kappa shape index (κ1) is 36.2. The van der Waals surface area contributed by atoms with Crippen LogP contribution in [0.4, 0.5) is 28.9 Å². The Morgan fingerprint density at radius 2 is 1.65 bits per heavy atom. The number of nitrogen functional groups attached to an aromatic ring is 1. The number of fused-ring (bicyclic) bond motifs is 5. The zero-order chi connectivity index (χ0) is 37.3. The van der Waals surface area contributed by atoms with E-state index in [1.165, 1.54) is 11.2 Å². The summed E-state index contributed by atoms with van der Waals surface area (Å²) in [6, 6.07) is 1.06. The standard InChI is InChI=1S/C34H33Cl2F4N7O4/c1-6-22(48)44-8-9-45-17(13-44)7-10-51-31-27(45)18-11-21(34(38,39)40)46(29-23(37)19(35)12-20(36)24(29)41)32(49)28(18)47(33(31)50)30-25(15(2)3)42-14-43-26(30)16(4)5/h6,11-12,14-17H,1,7-10,13,41H2,2-5H3. The second-order valence-electron chi connectivity index (χ2n) is 12.9. The molecule has 1 fully saturated rings. The molecule has 6 rings (SSSR count). The molecule has 2 N–H and O–H groups in total. The van der Waals surface area contributed by atoms with Crippen LogP contribution in [0.5, 0.6) is 5.75 Å². The number of nitrogens with two attached hydrogens (primary N) is 1. The number of ether oxygens (including phenoxy) is 1. The van der Waals surface area contributed by atoms with E-state index in [9.17, 15) is 14.4 Å². The molecular formula is C34H33Cl2F4N7O4. The molecule has 0 radical (unpaired) electrons. The predicted octanol–water partition coefficient (Wildman–Crippen LogP) is 6.21. The smallest absolute Gasteiger partial charge is 0.431 e. The van der Waals surface area contributed by atoms with Crippen LogP contribution in [-0.2, 0) is 11.0 Å². The summed E-state index contributed by atoms with van der Waals surface area (Å²) in [6.07, 6.45) is -2.53. The van der Waals surface area contributed by atoms with Gasteiger partial charge < -0.3 is 20.3 Å². The Hall–Kier alpha value is -4.63. The summed E-state index contributed by atoms with van der Waals surface area (Å²) in [5.74, 6) is -2.80. The molecule has 1 amide bonds. The molecule has 0 bridgehead atoms. The van der Waals surface area contributed by atoms with Gasteiger partial charge in [-0.2, -0.15) is 13.2 Å². The van der Waals surface area contributed by atoms with E-state index in [0.717, 1.165) is 16.7 Å². The largest absolute Gasteiger partial charge is 0.486 e. The maximum atomic E-state index is 15.8. The average molecular weight is 751 g/mol. The van der Waals surface area contributed by atoms with Crippen LogP contribution in [0.25, 0.3) is 22.3 Å². The number of benzene rings is 1. The van der Waals surface area contributed by atoms with Crippen molar-refractivity contribution in [3.05, 3.63) is 84.8 Å². The Labute approximate surface area is 298 Å². The summed E-state index contributed by atoms with van der Waals surface area (Å²) in [5.41, 5.74) is 0.515. The van der Waals surface area contributed by atoms with Crippen molar-refractivity contribution in [2.75, 3.05) is 36.9 Å². The first-order valence-electron chi connectivity index (χ1n) is 16.0. The summed E-state index contributed by atoms with van der Waals surface area (Å²) in [7, 11) is 0. The van der Waals surface area contributed by atoms with E-state index in [4.69, 9.17) is 33.7 Å². The molecule has 51 heavy (non-hydrogen) atoms. The summed E-state index contributed by atoms with van der Waals surface area (Å²) < 4.78 is 68.5. The van der Waals surface area contributed by atoms with Crippen molar-refractivity contribution in [2.45, 2.75) is 58.2 Å². The number of nitrogens with zero attached hydrogens (tertiary/aromatic N) is 6. The Morgan fingerprint density at radius 3 is 2.24 bits per heavy atom. The van der Waals surface area contributed by atoms with E-state index < -0.39 is 61.8 Å². The fourth-order valence-corrected chi connectivity index (χ4v) is 7.26. The van der Waals surface area contributed by atoms with E-state index in [0.29, 0.717) is 17.5 Å². The molecule has 2 aliphatic heterocycles. The van der Waals surface area contributed by atoms with Crippen LogP contribution in [0.3, 0.4) is 0 Å². The second kappa shape index (κ2) is 13.2. The number of piperazine rings is 1. The van der Waals surface area contributed by atoms with Crippen LogP contribution in [0.2, 0.25) is 10.0 Å². The molecule has 1 aromatic carbocycles. The summed E-state index contributed by atoms with van der Waals surface area (Å²) in [5, 5.41) is -1.40. The molecule has 270 valence electrons. The van der Waals surface area contributed by atoms with Crippen LogP contribution >= 0.6 is 23.2 Å². The first-order chi connectivity index (χ1) is 24.0. The molecule has 0 saturated carbocycles.